The van der Waals surface area contributed by atoms with Crippen LogP contribution < -0.4 is 5.32 Å². The van der Waals surface area contributed by atoms with E-state index in [1.54, 1.807) is 28.2 Å². The molecule has 1 aliphatic rings. The Labute approximate surface area is 177 Å². The summed E-state index contributed by atoms with van der Waals surface area (Å²) in [5, 5.41) is 2.96. The minimum absolute atomic E-state index is 0.0310. The van der Waals surface area contributed by atoms with Crippen molar-refractivity contribution in [1.82, 2.24) is 9.62 Å². The first-order valence-electron chi connectivity index (χ1n) is 10.1. The van der Waals surface area contributed by atoms with Gasteiger partial charge in [0.1, 0.15) is 0 Å². The maximum absolute atomic E-state index is 12.5. The first-order valence-corrected chi connectivity index (χ1v) is 12.5. The number of thioether (sulfide) groups is 1. The fourth-order valence-electron chi connectivity index (χ4n) is 3.26. The maximum atomic E-state index is 12.5. The second kappa shape index (κ2) is 10.8. The average molecular weight is 433 g/mol. The molecule has 7 heteroatoms. The highest BCUT2D eigenvalue weighted by Gasteiger charge is 2.26. The molecule has 5 nitrogen and oxygen atoms in total. The van der Waals surface area contributed by atoms with E-state index >= 15 is 0 Å². The molecular weight excluding hydrogens is 404 g/mol. The number of carbonyl (C=O) groups is 1. The van der Waals surface area contributed by atoms with Crippen molar-refractivity contribution in [2.24, 2.45) is 0 Å². The van der Waals surface area contributed by atoms with Crippen LogP contribution in [-0.4, -0.2) is 44.0 Å². The van der Waals surface area contributed by atoms with Gasteiger partial charge in [0.05, 0.1) is 4.90 Å². The van der Waals surface area contributed by atoms with Crippen molar-refractivity contribution in [3.63, 3.8) is 0 Å². The minimum Gasteiger partial charge on any atom is -0.356 e. The molecule has 2 aromatic carbocycles. The summed E-state index contributed by atoms with van der Waals surface area (Å²) in [7, 11) is -3.37. The molecule has 1 amide bonds. The zero-order valence-corrected chi connectivity index (χ0v) is 18.2. The number of hydrogen-bond donors (Lipinski definition) is 1. The Bertz CT molecular complexity index is 878. The van der Waals surface area contributed by atoms with Gasteiger partial charge in [-0.05, 0) is 61.3 Å². The third kappa shape index (κ3) is 6.59. The lowest BCUT2D eigenvalue weighted by atomic mass is 10.1. The van der Waals surface area contributed by atoms with Crippen LogP contribution >= 0.6 is 11.8 Å². The SMILES string of the molecule is O=C(CCc1ccc(S(=O)(=O)N2CCCC2)cc1)NCCCSc1ccccc1. The van der Waals surface area contributed by atoms with Gasteiger partial charge in [-0.1, -0.05) is 30.3 Å². The standard InChI is InChI=1S/C22H28N2O3S2/c25-22(23-15-6-18-28-20-7-2-1-3-8-20)14-11-19-9-12-21(13-10-19)29(26,27)24-16-4-5-17-24/h1-3,7-10,12-13H,4-6,11,14-18H2,(H,23,25). The van der Waals surface area contributed by atoms with Crippen molar-refractivity contribution in [3.8, 4) is 0 Å². The molecule has 2 aromatic rings. The van der Waals surface area contributed by atoms with Crippen LogP contribution in [0.15, 0.2) is 64.4 Å². The van der Waals surface area contributed by atoms with Crippen molar-refractivity contribution in [3.05, 3.63) is 60.2 Å². The number of nitrogens with zero attached hydrogens (tertiary/aromatic N) is 1. The normalized spacial score (nSPS) is 14.8. The average Bonchev–Trinajstić information content (AvgIpc) is 3.29. The predicted molar refractivity (Wildman–Crippen MR) is 118 cm³/mol. The van der Waals surface area contributed by atoms with E-state index in [1.807, 2.05) is 30.3 Å². The van der Waals surface area contributed by atoms with Gasteiger partial charge in [-0.3, -0.25) is 4.79 Å². The second-order valence-electron chi connectivity index (χ2n) is 7.12. The van der Waals surface area contributed by atoms with E-state index in [9.17, 15) is 13.2 Å². The number of hydrogen-bond acceptors (Lipinski definition) is 4. The van der Waals surface area contributed by atoms with E-state index in [-0.39, 0.29) is 5.91 Å². The molecule has 0 unspecified atom stereocenters. The molecule has 0 aromatic heterocycles. The molecular formula is C22H28N2O3S2. The highest BCUT2D eigenvalue weighted by Crippen LogP contribution is 2.21. The first kappa shape index (κ1) is 21.9. The van der Waals surface area contributed by atoms with Gasteiger partial charge in [-0.15, -0.1) is 11.8 Å². The smallest absolute Gasteiger partial charge is 0.243 e. The summed E-state index contributed by atoms with van der Waals surface area (Å²) >= 11 is 1.79. The van der Waals surface area contributed by atoms with E-state index < -0.39 is 10.0 Å². The molecule has 1 N–H and O–H groups in total. The Hall–Kier alpha value is -1.83. The van der Waals surface area contributed by atoms with E-state index in [2.05, 4.69) is 17.4 Å². The summed E-state index contributed by atoms with van der Waals surface area (Å²) < 4.78 is 26.6. The van der Waals surface area contributed by atoms with Gasteiger partial charge in [0.25, 0.3) is 0 Å². The molecule has 1 saturated heterocycles. The third-order valence-corrected chi connectivity index (χ3v) is 7.93. The van der Waals surface area contributed by atoms with E-state index in [1.165, 1.54) is 4.90 Å². The van der Waals surface area contributed by atoms with Crippen molar-refractivity contribution in [1.29, 1.82) is 0 Å². The molecule has 0 aliphatic carbocycles. The lowest BCUT2D eigenvalue weighted by Crippen LogP contribution is -2.27. The summed E-state index contributed by atoms with van der Waals surface area (Å²) in [6.07, 6.45) is 3.79. The molecule has 29 heavy (non-hydrogen) atoms. The van der Waals surface area contributed by atoms with Crippen LogP contribution in [0, 0.1) is 0 Å². The predicted octanol–water partition coefficient (Wildman–Crippen LogP) is 3.70. The molecule has 1 fully saturated rings. The van der Waals surface area contributed by atoms with Gasteiger partial charge < -0.3 is 5.32 Å². The summed E-state index contributed by atoms with van der Waals surface area (Å²) in [5.74, 6) is 1.00. The summed E-state index contributed by atoms with van der Waals surface area (Å²) in [6, 6.07) is 17.2. The molecule has 0 atom stereocenters. The van der Waals surface area contributed by atoms with Crippen LogP contribution in [0.25, 0.3) is 0 Å². The van der Waals surface area contributed by atoms with Crippen LogP contribution in [0.2, 0.25) is 0 Å². The molecule has 156 valence electrons. The Morgan fingerprint density at radius 2 is 1.69 bits per heavy atom. The van der Waals surface area contributed by atoms with E-state index in [0.717, 1.165) is 30.6 Å². The Morgan fingerprint density at radius 3 is 2.38 bits per heavy atom. The quantitative estimate of drug-likeness (QED) is 0.459. The molecule has 0 bridgehead atoms. The molecule has 3 rings (SSSR count). The Morgan fingerprint density at radius 1 is 1.00 bits per heavy atom. The summed E-state index contributed by atoms with van der Waals surface area (Å²) in [6.45, 7) is 1.88. The largest absolute Gasteiger partial charge is 0.356 e. The third-order valence-electron chi connectivity index (χ3n) is 4.92. The number of aryl methyl sites for hydroxylation is 1. The first-order chi connectivity index (χ1) is 14.1. The highest BCUT2D eigenvalue weighted by molar-refractivity contribution is 7.99. The van der Waals surface area contributed by atoms with Crippen molar-refractivity contribution in [2.75, 3.05) is 25.4 Å². The van der Waals surface area contributed by atoms with Gasteiger partial charge in [0.2, 0.25) is 15.9 Å². The van der Waals surface area contributed by atoms with Crippen LogP contribution in [0.5, 0.6) is 0 Å². The fraction of sp³-hybridized carbons (Fsp3) is 0.409. The number of sulfonamides is 1. The van der Waals surface area contributed by atoms with Crippen LogP contribution in [0.4, 0.5) is 0 Å². The monoisotopic (exact) mass is 432 g/mol. The van der Waals surface area contributed by atoms with Gasteiger partial charge in [0.15, 0.2) is 0 Å². The van der Waals surface area contributed by atoms with Crippen molar-refractivity contribution < 1.29 is 13.2 Å². The lowest BCUT2D eigenvalue weighted by Gasteiger charge is -2.15. The van der Waals surface area contributed by atoms with Crippen LogP contribution in [-0.2, 0) is 21.2 Å². The number of carbonyl (C=O) groups excluding carboxylic acids is 1. The second-order valence-corrected chi connectivity index (χ2v) is 10.2. The van der Waals surface area contributed by atoms with Crippen molar-refractivity contribution >= 4 is 27.7 Å². The Balaban J connectivity index is 1.35. The van der Waals surface area contributed by atoms with E-state index in [0.29, 0.717) is 37.4 Å². The van der Waals surface area contributed by atoms with Gasteiger partial charge in [0, 0.05) is 31.0 Å². The fourth-order valence-corrected chi connectivity index (χ4v) is 5.65. The topological polar surface area (TPSA) is 66.5 Å². The van der Waals surface area contributed by atoms with E-state index in [4.69, 9.17) is 0 Å². The zero-order chi connectivity index (χ0) is 20.5. The zero-order valence-electron chi connectivity index (χ0n) is 16.5. The molecule has 0 saturated carbocycles. The molecule has 0 radical (unpaired) electrons. The number of amides is 1. The summed E-state index contributed by atoms with van der Waals surface area (Å²) in [5.41, 5.74) is 0.972. The molecule has 1 aliphatic heterocycles. The van der Waals surface area contributed by atoms with Crippen LogP contribution in [0.1, 0.15) is 31.2 Å². The summed E-state index contributed by atoms with van der Waals surface area (Å²) in [4.78, 5) is 13.6. The maximum Gasteiger partial charge on any atom is 0.243 e. The number of rotatable bonds is 10. The number of benzene rings is 2. The number of nitrogens with one attached hydrogen (secondary N) is 1. The minimum atomic E-state index is -3.37. The van der Waals surface area contributed by atoms with Gasteiger partial charge in [-0.2, -0.15) is 4.31 Å². The van der Waals surface area contributed by atoms with Gasteiger partial charge >= 0.3 is 0 Å². The molecule has 0 spiro atoms. The van der Waals surface area contributed by atoms with Crippen molar-refractivity contribution in [2.45, 2.75) is 41.9 Å². The van der Waals surface area contributed by atoms with Gasteiger partial charge in [-0.25, -0.2) is 8.42 Å². The van der Waals surface area contributed by atoms with Crippen LogP contribution in [0.3, 0.4) is 0 Å². The lowest BCUT2D eigenvalue weighted by molar-refractivity contribution is -0.121. The highest BCUT2D eigenvalue weighted by atomic mass is 32.2. The molecule has 1 heterocycles. The Kier molecular flexibility index (Phi) is 8.15.